The number of hydrogen-bond donors (Lipinski definition) is 1. The van der Waals surface area contributed by atoms with Crippen molar-refractivity contribution >= 4 is 27.0 Å². The minimum Gasteiger partial charge on any atom is -0.497 e. The number of oxazole rings is 1. The Labute approximate surface area is 129 Å². The first-order valence-electron chi connectivity index (χ1n) is 6.55. The van der Waals surface area contributed by atoms with E-state index in [2.05, 4.69) is 20.9 Å². The Morgan fingerprint density at radius 1 is 1.24 bits per heavy atom. The highest BCUT2D eigenvalue weighted by Gasteiger charge is 2.11. The molecule has 0 saturated heterocycles. The Kier molecular flexibility index (Phi) is 3.84. The number of ether oxygens (including phenoxy) is 1. The van der Waals surface area contributed by atoms with E-state index in [1.165, 1.54) is 5.56 Å². The van der Waals surface area contributed by atoms with Crippen LogP contribution in [0.25, 0.3) is 11.1 Å². The van der Waals surface area contributed by atoms with Crippen LogP contribution in [0.5, 0.6) is 5.75 Å². The van der Waals surface area contributed by atoms with Crippen molar-refractivity contribution in [2.45, 2.75) is 11.2 Å². The minimum absolute atomic E-state index is 0.149. The summed E-state index contributed by atoms with van der Waals surface area (Å²) >= 11 is 3.69. The number of fused-ring (bicyclic) bond motifs is 1. The third kappa shape index (κ3) is 3.03. The monoisotopic (exact) mass is 347 g/mol. The number of nitrogens with one attached hydrogen (secondary N) is 1. The van der Waals surface area contributed by atoms with E-state index >= 15 is 0 Å². The first kappa shape index (κ1) is 13.9. The number of benzene rings is 2. The average molecular weight is 348 g/mol. The van der Waals surface area contributed by atoms with Gasteiger partial charge in [0.2, 0.25) is 0 Å². The summed E-state index contributed by atoms with van der Waals surface area (Å²) in [5.41, 5.74) is 3.57. The molecule has 1 unspecified atom stereocenters. The molecule has 0 spiro atoms. The van der Waals surface area contributed by atoms with E-state index in [4.69, 9.17) is 9.15 Å². The summed E-state index contributed by atoms with van der Waals surface area (Å²) in [7, 11) is 1.65. The van der Waals surface area contributed by atoms with Crippen LogP contribution in [0.4, 0.5) is 0 Å². The highest BCUT2D eigenvalue weighted by atomic mass is 79.9. The Morgan fingerprint density at radius 2 is 2.00 bits per heavy atom. The molecule has 0 aliphatic carbocycles. The van der Waals surface area contributed by atoms with E-state index in [0.717, 1.165) is 17.7 Å². The van der Waals surface area contributed by atoms with Gasteiger partial charge < -0.3 is 9.15 Å². The zero-order valence-electron chi connectivity index (χ0n) is 11.4. The molecule has 1 atom stereocenters. The van der Waals surface area contributed by atoms with Crippen LogP contribution in [0.2, 0.25) is 0 Å². The van der Waals surface area contributed by atoms with Crippen LogP contribution >= 0.6 is 15.9 Å². The van der Waals surface area contributed by atoms with Gasteiger partial charge in [-0.1, -0.05) is 34.1 Å². The number of H-pyrrole nitrogens is 1. The fourth-order valence-electron chi connectivity index (χ4n) is 2.24. The van der Waals surface area contributed by atoms with E-state index in [1.807, 2.05) is 42.5 Å². The lowest BCUT2D eigenvalue weighted by Crippen LogP contribution is -1.95. The third-order valence-corrected chi connectivity index (χ3v) is 4.23. The quantitative estimate of drug-likeness (QED) is 0.730. The van der Waals surface area contributed by atoms with Crippen molar-refractivity contribution in [2.24, 2.45) is 0 Å². The van der Waals surface area contributed by atoms with Gasteiger partial charge in [-0.3, -0.25) is 4.98 Å². The first-order chi connectivity index (χ1) is 10.2. The van der Waals surface area contributed by atoms with Gasteiger partial charge in [-0.25, -0.2) is 4.79 Å². The first-order valence-corrected chi connectivity index (χ1v) is 7.47. The second kappa shape index (κ2) is 5.77. The Bertz CT molecular complexity index is 804. The smallest absolute Gasteiger partial charge is 0.417 e. The van der Waals surface area contributed by atoms with Crippen LogP contribution in [-0.4, -0.2) is 12.1 Å². The molecule has 1 aromatic heterocycles. The van der Waals surface area contributed by atoms with Crippen LogP contribution in [0.15, 0.2) is 51.7 Å². The van der Waals surface area contributed by atoms with E-state index in [-0.39, 0.29) is 4.83 Å². The minimum atomic E-state index is -0.427. The molecule has 0 saturated carbocycles. The normalized spacial score (nSPS) is 12.5. The predicted octanol–water partition coefficient (Wildman–Crippen LogP) is 3.81. The molecule has 3 aromatic rings. The fourth-order valence-corrected chi connectivity index (χ4v) is 2.90. The van der Waals surface area contributed by atoms with Gasteiger partial charge in [-0.15, -0.1) is 0 Å². The van der Waals surface area contributed by atoms with Gasteiger partial charge in [-0.05, 0) is 41.8 Å². The number of rotatable bonds is 4. The zero-order chi connectivity index (χ0) is 14.8. The molecular formula is C16H14BrNO3. The number of methoxy groups -OCH3 is 1. The summed E-state index contributed by atoms with van der Waals surface area (Å²) in [4.78, 5) is 14.0. The summed E-state index contributed by atoms with van der Waals surface area (Å²) in [5, 5.41) is 0. The number of hydrogen-bond acceptors (Lipinski definition) is 3. The maximum atomic E-state index is 11.2. The molecule has 5 heteroatoms. The molecule has 0 aliphatic heterocycles. The van der Waals surface area contributed by atoms with E-state index in [9.17, 15) is 4.79 Å². The van der Waals surface area contributed by atoms with E-state index < -0.39 is 5.76 Å². The van der Waals surface area contributed by atoms with Crippen molar-refractivity contribution in [1.82, 2.24) is 4.98 Å². The molecule has 0 radical (unpaired) electrons. The second-order valence-electron chi connectivity index (χ2n) is 4.79. The summed E-state index contributed by atoms with van der Waals surface area (Å²) < 4.78 is 10.2. The summed E-state index contributed by atoms with van der Waals surface area (Å²) in [5.74, 6) is 0.420. The number of aromatic nitrogens is 1. The van der Waals surface area contributed by atoms with Crippen molar-refractivity contribution in [3.05, 3.63) is 64.1 Å². The lowest BCUT2D eigenvalue weighted by atomic mass is 10.0. The van der Waals surface area contributed by atoms with Crippen LogP contribution in [0.3, 0.4) is 0 Å². The standard InChI is InChI=1S/C16H14BrNO3/c1-20-12-5-2-10(3-6-12)8-13(17)11-4-7-14-15(9-11)21-16(19)18-14/h2-7,9,13H,8H2,1H3,(H,18,19). The van der Waals surface area contributed by atoms with Gasteiger partial charge in [0.1, 0.15) is 5.75 Å². The molecule has 4 nitrogen and oxygen atoms in total. The maximum Gasteiger partial charge on any atom is 0.417 e. The Morgan fingerprint density at radius 3 is 2.71 bits per heavy atom. The fraction of sp³-hybridized carbons (Fsp3) is 0.188. The van der Waals surface area contributed by atoms with Gasteiger partial charge in [0.25, 0.3) is 0 Å². The maximum absolute atomic E-state index is 11.2. The lowest BCUT2D eigenvalue weighted by Gasteiger charge is -2.10. The number of aromatic amines is 1. The highest BCUT2D eigenvalue weighted by Crippen LogP contribution is 2.29. The van der Waals surface area contributed by atoms with Crippen LogP contribution < -0.4 is 10.5 Å². The summed E-state index contributed by atoms with van der Waals surface area (Å²) in [6, 6.07) is 13.7. The van der Waals surface area contributed by atoms with Gasteiger partial charge in [-0.2, -0.15) is 0 Å². The summed E-state index contributed by atoms with van der Waals surface area (Å²) in [6.07, 6.45) is 0.837. The molecule has 0 aliphatic rings. The van der Waals surface area contributed by atoms with Crippen molar-refractivity contribution in [1.29, 1.82) is 0 Å². The van der Waals surface area contributed by atoms with Crippen molar-refractivity contribution in [3.8, 4) is 5.75 Å². The van der Waals surface area contributed by atoms with Gasteiger partial charge in [0, 0.05) is 4.83 Å². The molecular weight excluding hydrogens is 334 g/mol. The largest absolute Gasteiger partial charge is 0.497 e. The topological polar surface area (TPSA) is 55.2 Å². The predicted molar refractivity (Wildman–Crippen MR) is 85.2 cm³/mol. The molecule has 3 rings (SSSR count). The van der Waals surface area contributed by atoms with Crippen molar-refractivity contribution < 1.29 is 9.15 Å². The average Bonchev–Trinajstić information content (AvgIpc) is 2.87. The van der Waals surface area contributed by atoms with E-state index in [1.54, 1.807) is 7.11 Å². The summed E-state index contributed by atoms with van der Waals surface area (Å²) in [6.45, 7) is 0. The van der Waals surface area contributed by atoms with Crippen LogP contribution in [0.1, 0.15) is 16.0 Å². The van der Waals surface area contributed by atoms with Crippen molar-refractivity contribution in [3.63, 3.8) is 0 Å². The Balaban J connectivity index is 1.81. The number of alkyl halides is 1. The molecule has 108 valence electrons. The SMILES string of the molecule is COc1ccc(CC(Br)c2ccc3[nH]c(=O)oc3c2)cc1. The third-order valence-electron chi connectivity index (χ3n) is 3.38. The molecule has 2 aromatic carbocycles. The zero-order valence-corrected chi connectivity index (χ0v) is 13.0. The molecule has 21 heavy (non-hydrogen) atoms. The van der Waals surface area contributed by atoms with Gasteiger partial charge >= 0.3 is 5.76 Å². The molecule has 0 amide bonds. The van der Waals surface area contributed by atoms with Gasteiger partial charge in [0.05, 0.1) is 12.6 Å². The van der Waals surface area contributed by atoms with Crippen LogP contribution in [0, 0.1) is 0 Å². The lowest BCUT2D eigenvalue weighted by molar-refractivity contribution is 0.414. The van der Waals surface area contributed by atoms with Crippen molar-refractivity contribution in [2.75, 3.05) is 7.11 Å². The second-order valence-corrected chi connectivity index (χ2v) is 5.90. The highest BCUT2D eigenvalue weighted by molar-refractivity contribution is 9.09. The van der Waals surface area contributed by atoms with E-state index in [0.29, 0.717) is 11.1 Å². The molecule has 0 fully saturated rings. The Hall–Kier alpha value is -2.01. The number of halogens is 1. The molecule has 0 bridgehead atoms. The molecule has 1 N–H and O–H groups in total. The van der Waals surface area contributed by atoms with Crippen LogP contribution in [-0.2, 0) is 6.42 Å². The van der Waals surface area contributed by atoms with Gasteiger partial charge in [0.15, 0.2) is 5.58 Å². The molecule has 1 heterocycles.